The lowest BCUT2D eigenvalue weighted by Crippen LogP contribution is -2.48. The maximum atomic E-state index is 11.9. The molecule has 1 aliphatic heterocycles. The van der Waals surface area contributed by atoms with Gasteiger partial charge in [-0.05, 0) is 62.4 Å². The van der Waals surface area contributed by atoms with Gasteiger partial charge in [0.05, 0.1) is 0 Å². The zero-order chi connectivity index (χ0) is 16.9. The van der Waals surface area contributed by atoms with Crippen molar-refractivity contribution in [2.75, 3.05) is 0 Å². The van der Waals surface area contributed by atoms with Gasteiger partial charge in [0.15, 0.2) is 0 Å². The number of fused-ring (bicyclic) bond motifs is 2. The van der Waals surface area contributed by atoms with Gasteiger partial charge in [-0.1, -0.05) is 20.4 Å². The molecule has 0 amide bonds. The van der Waals surface area contributed by atoms with E-state index in [2.05, 4.69) is 20.4 Å². The number of hydrogen-bond acceptors (Lipinski definition) is 4. The molecule has 23 heavy (non-hydrogen) atoms. The molecule has 0 spiro atoms. The maximum Gasteiger partial charge on any atom is 0.334 e. The van der Waals surface area contributed by atoms with Gasteiger partial charge in [-0.15, -0.1) is 0 Å². The quantitative estimate of drug-likeness (QED) is 0.577. The zero-order valence-electron chi connectivity index (χ0n) is 14.5. The predicted molar refractivity (Wildman–Crippen MR) is 86.5 cm³/mol. The summed E-state index contributed by atoms with van der Waals surface area (Å²) in [7, 11) is 0. The molecule has 0 aromatic heterocycles. The van der Waals surface area contributed by atoms with Gasteiger partial charge in [-0.2, -0.15) is 0 Å². The minimum atomic E-state index is -0.301. The summed E-state index contributed by atoms with van der Waals surface area (Å²) in [5.41, 5.74) is 2.59. The highest BCUT2D eigenvalue weighted by molar-refractivity contribution is 5.91. The Morgan fingerprint density at radius 1 is 1.35 bits per heavy atom. The number of carbonyl (C=O) groups excluding carboxylic acids is 2. The minimum absolute atomic E-state index is 0.0593. The highest BCUT2D eigenvalue weighted by Crippen LogP contribution is 2.57. The molecular formula is C19H26O4. The molecule has 3 aliphatic rings. The molecule has 3 rings (SSSR count). The van der Waals surface area contributed by atoms with Crippen LogP contribution in [-0.2, 0) is 19.1 Å². The van der Waals surface area contributed by atoms with Crippen LogP contribution in [0, 0.1) is 17.3 Å². The van der Waals surface area contributed by atoms with Crippen LogP contribution in [0.5, 0.6) is 0 Å². The van der Waals surface area contributed by atoms with E-state index >= 15 is 0 Å². The van der Waals surface area contributed by atoms with Crippen LogP contribution < -0.4 is 0 Å². The molecule has 0 saturated heterocycles. The van der Waals surface area contributed by atoms with Crippen molar-refractivity contribution in [3.8, 4) is 0 Å². The van der Waals surface area contributed by atoms with Crippen LogP contribution in [0.4, 0.5) is 0 Å². The summed E-state index contributed by atoms with van der Waals surface area (Å²) in [6.07, 6.45) is 3.36. The first kappa shape index (κ1) is 16.3. The Labute approximate surface area is 137 Å². The summed E-state index contributed by atoms with van der Waals surface area (Å²) < 4.78 is 11.1. The van der Waals surface area contributed by atoms with Gasteiger partial charge in [0.1, 0.15) is 12.2 Å². The van der Waals surface area contributed by atoms with Gasteiger partial charge in [-0.3, -0.25) is 0 Å². The Hall–Kier alpha value is -1.58. The van der Waals surface area contributed by atoms with E-state index < -0.39 is 0 Å². The third kappa shape index (κ3) is 2.62. The normalized spacial score (nSPS) is 39.4. The molecule has 0 aromatic carbocycles. The molecule has 4 nitrogen and oxygen atoms in total. The van der Waals surface area contributed by atoms with E-state index in [4.69, 9.17) is 9.47 Å². The average molecular weight is 318 g/mol. The SMILES string of the molecule is C=C(C)C(=O)OC1CC(C)C2(C)CC3=C(C)C(=O)OC3CC2C1. The summed E-state index contributed by atoms with van der Waals surface area (Å²) in [6, 6.07) is 0. The third-order valence-electron chi connectivity index (χ3n) is 6.34. The standard InChI is InChI=1S/C19H26O4/c1-10(2)17(20)22-14-6-11(3)19(5)9-15-12(4)18(21)23-16(15)8-13(19)7-14/h11,13-14,16H,1,6-9H2,2-5H3. The summed E-state index contributed by atoms with van der Waals surface area (Å²) in [5, 5.41) is 0. The molecule has 126 valence electrons. The van der Waals surface area contributed by atoms with Crippen LogP contribution in [-0.4, -0.2) is 24.1 Å². The van der Waals surface area contributed by atoms with Gasteiger partial charge in [-0.25, -0.2) is 9.59 Å². The summed E-state index contributed by atoms with van der Waals surface area (Å²) in [5.74, 6) is 0.373. The molecule has 2 aliphatic carbocycles. The monoisotopic (exact) mass is 318 g/mol. The second-order valence-electron chi connectivity index (χ2n) is 7.84. The largest absolute Gasteiger partial charge is 0.459 e. The topological polar surface area (TPSA) is 52.6 Å². The van der Waals surface area contributed by atoms with Crippen molar-refractivity contribution in [2.24, 2.45) is 17.3 Å². The zero-order valence-corrected chi connectivity index (χ0v) is 14.5. The van der Waals surface area contributed by atoms with E-state index in [9.17, 15) is 9.59 Å². The summed E-state index contributed by atoms with van der Waals surface area (Å²) in [4.78, 5) is 23.7. The minimum Gasteiger partial charge on any atom is -0.459 e. The Morgan fingerprint density at radius 2 is 2.04 bits per heavy atom. The van der Waals surface area contributed by atoms with Crippen molar-refractivity contribution in [1.82, 2.24) is 0 Å². The molecular weight excluding hydrogens is 292 g/mol. The lowest BCUT2D eigenvalue weighted by molar-refractivity contribution is -0.153. The Kier molecular flexibility index (Phi) is 3.89. The lowest BCUT2D eigenvalue weighted by atomic mass is 9.54. The molecule has 5 atom stereocenters. The summed E-state index contributed by atoms with van der Waals surface area (Å²) in [6.45, 7) is 11.8. The molecule has 1 heterocycles. The van der Waals surface area contributed by atoms with Crippen LogP contribution in [0.2, 0.25) is 0 Å². The number of rotatable bonds is 2. The second-order valence-corrected chi connectivity index (χ2v) is 7.84. The average Bonchev–Trinajstić information content (AvgIpc) is 2.73. The van der Waals surface area contributed by atoms with Crippen molar-refractivity contribution >= 4 is 11.9 Å². The predicted octanol–water partition coefficient (Wildman–Crippen LogP) is 3.56. The van der Waals surface area contributed by atoms with Crippen molar-refractivity contribution in [3.63, 3.8) is 0 Å². The highest BCUT2D eigenvalue weighted by atomic mass is 16.6. The van der Waals surface area contributed by atoms with E-state index in [0.717, 1.165) is 31.3 Å². The first-order valence-corrected chi connectivity index (χ1v) is 8.49. The van der Waals surface area contributed by atoms with Gasteiger partial charge >= 0.3 is 11.9 Å². The number of ether oxygens (including phenoxy) is 2. The van der Waals surface area contributed by atoms with Gasteiger partial charge < -0.3 is 9.47 Å². The van der Waals surface area contributed by atoms with Gasteiger partial charge in [0, 0.05) is 11.1 Å². The van der Waals surface area contributed by atoms with E-state index in [1.165, 1.54) is 5.57 Å². The number of esters is 2. The van der Waals surface area contributed by atoms with Gasteiger partial charge in [0.2, 0.25) is 0 Å². The molecule has 2 fully saturated rings. The van der Waals surface area contributed by atoms with Gasteiger partial charge in [0.25, 0.3) is 0 Å². The van der Waals surface area contributed by atoms with E-state index in [0.29, 0.717) is 17.4 Å². The molecule has 0 N–H and O–H groups in total. The Morgan fingerprint density at radius 3 is 2.70 bits per heavy atom. The van der Waals surface area contributed by atoms with E-state index in [1.807, 2.05) is 6.92 Å². The molecule has 0 bridgehead atoms. The first-order valence-electron chi connectivity index (χ1n) is 8.49. The molecule has 5 unspecified atom stereocenters. The fourth-order valence-electron chi connectivity index (χ4n) is 4.55. The van der Waals surface area contributed by atoms with Crippen molar-refractivity contribution in [3.05, 3.63) is 23.3 Å². The fourth-order valence-corrected chi connectivity index (χ4v) is 4.55. The van der Waals surface area contributed by atoms with E-state index in [-0.39, 0.29) is 29.6 Å². The maximum absolute atomic E-state index is 11.9. The van der Waals surface area contributed by atoms with Crippen molar-refractivity contribution in [2.45, 2.75) is 65.6 Å². The highest BCUT2D eigenvalue weighted by Gasteiger charge is 2.53. The molecule has 0 radical (unpaired) electrons. The Bertz CT molecular complexity index is 602. The van der Waals surface area contributed by atoms with Crippen molar-refractivity contribution in [1.29, 1.82) is 0 Å². The smallest absolute Gasteiger partial charge is 0.334 e. The van der Waals surface area contributed by atoms with Crippen LogP contribution in [0.15, 0.2) is 23.3 Å². The first-order chi connectivity index (χ1) is 10.7. The van der Waals surface area contributed by atoms with Crippen molar-refractivity contribution < 1.29 is 19.1 Å². The lowest BCUT2D eigenvalue weighted by Gasteiger charge is -2.52. The van der Waals surface area contributed by atoms with Crippen LogP contribution in [0.3, 0.4) is 0 Å². The molecule has 4 heteroatoms. The third-order valence-corrected chi connectivity index (χ3v) is 6.34. The van der Waals surface area contributed by atoms with Crippen LogP contribution in [0.25, 0.3) is 0 Å². The number of carbonyl (C=O) groups is 2. The Balaban J connectivity index is 1.79. The fraction of sp³-hybridized carbons (Fsp3) is 0.684. The van der Waals surface area contributed by atoms with Crippen LogP contribution >= 0.6 is 0 Å². The molecule has 2 saturated carbocycles. The second kappa shape index (κ2) is 5.50. The number of hydrogen-bond donors (Lipinski definition) is 0. The molecule has 0 aromatic rings. The van der Waals surface area contributed by atoms with E-state index in [1.54, 1.807) is 6.92 Å². The van der Waals surface area contributed by atoms with Crippen LogP contribution in [0.1, 0.15) is 53.4 Å². The summed E-state index contributed by atoms with van der Waals surface area (Å²) >= 11 is 0.